The van der Waals surface area contributed by atoms with Crippen LogP contribution in [0.5, 0.6) is 0 Å². The van der Waals surface area contributed by atoms with Gasteiger partial charge in [-0.05, 0) is 26.0 Å². The second kappa shape index (κ2) is 6.94. The van der Waals surface area contributed by atoms with Crippen molar-refractivity contribution < 1.29 is 8.42 Å². The summed E-state index contributed by atoms with van der Waals surface area (Å²) >= 11 is 1.25. The van der Waals surface area contributed by atoms with E-state index in [1.54, 1.807) is 28.8 Å². The van der Waals surface area contributed by atoms with Crippen molar-refractivity contribution in [2.24, 2.45) is 0 Å². The zero-order valence-electron chi connectivity index (χ0n) is 12.4. The fourth-order valence-electron chi connectivity index (χ4n) is 1.95. The Kier molecular flexibility index (Phi) is 5.21. The van der Waals surface area contributed by atoms with Gasteiger partial charge in [0.15, 0.2) is 15.0 Å². The first-order chi connectivity index (χ1) is 10.5. The van der Waals surface area contributed by atoms with E-state index in [1.165, 1.54) is 11.8 Å². The molecule has 1 aromatic heterocycles. The molecule has 0 aliphatic rings. The zero-order valence-corrected chi connectivity index (χ0v) is 14.0. The summed E-state index contributed by atoms with van der Waals surface area (Å²) in [6.45, 7) is 4.35. The summed E-state index contributed by atoms with van der Waals surface area (Å²) in [7, 11) is -3.47. The first-order valence-electron chi connectivity index (χ1n) is 6.69. The molecule has 116 valence electrons. The molecule has 0 fully saturated rings. The predicted molar refractivity (Wildman–Crippen MR) is 84.1 cm³/mol. The molecular weight excluding hydrogens is 320 g/mol. The van der Waals surface area contributed by atoms with Crippen LogP contribution in [-0.4, -0.2) is 28.9 Å². The molecule has 0 aliphatic heterocycles. The monoisotopic (exact) mass is 336 g/mol. The van der Waals surface area contributed by atoms with Crippen LogP contribution in [0.2, 0.25) is 0 Å². The number of nitrogens with zero attached hydrogens (tertiary/aromatic N) is 4. The van der Waals surface area contributed by atoms with Gasteiger partial charge in [-0.15, -0.1) is 10.2 Å². The molecule has 0 unspecified atom stereocenters. The van der Waals surface area contributed by atoms with Crippen LogP contribution in [-0.2, 0) is 22.1 Å². The van der Waals surface area contributed by atoms with Crippen LogP contribution in [0.3, 0.4) is 0 Å². The lowest BCUT2D eigenvalue weighted by atomic mass is 10.2. The summed E-state index contributed by atoms with van der Waals surface area (Å²) in [6.07, 6.45) is 0. The van der Waals surface area contributed by atoms with Crippen LogP contribution in [0.25, 0.3) is 0 Å². The lowest BCUT2D eigenvalue weighted by molar-refractivity contribution is 0.588. The van der Waals surface area contributed by atoms with E-state index in [1.807, 2.05) is 19.9 Å². The Morgan fingerprint density at radius 3 is 2.55 bits per heavy atom. The minimum atomic E-state index is -3.47. The van der Waals surface area contributed by atoms with Crippen molar-refractivity contribution in [3.63, 3.8) is 0 Å². The highest BCUT2D eigenvalue weighted by Crippen LogP contribution is 2.20. The van der Waals surface area contributed by atoms with E-state index in [0.717, 1.165) is 5.56 Å². The zero-order chi connectivity index (χ0) is 16.2. The van der Waals surface area contributed by atoms with Gasteiger partial charge in [-0.2, -0.15) is 5.26 Å². The third kappa shape index (κ3) is 3.67. The number of benzene rings is 1. The first kappa shape index (κ1) is 16.5. The Morgan fingerprint density at radius 1 is 1.27 bits per heavy atom. The quantitative estimate of drug-likeness (QED) is 0.751. The van der Waals surface area contributed by atoms with Gasteiger partial charge in [0.25, 0.3) is 0 Å². The van der Waals surface area contributed by atoms with Gasteiger partial charge in [0.1, 0.15) is 11.6 Å². The summed E-state index contributed by atoms with van der Waals surface area (Å²) in [4.78, 5) is 0.273. The minimum absolute atomic E-state index is 0.204. The number of sulfone groups is 1. The molecule has 2 rings (SSSR count). The summed E-state index contributed by atoms with van der Waals surface area (Å²) in [5, 5.41) is 17.1. The molecule has 8 heteroatoms. The number of rotatable bonds is 6. The molecule has 0 atom stereocenters. The summed E-state index contributed by atoms with van der Waals surface area (Å²) in [5.41, 5.74) is 1.01. The van der Waals surface area contributed by atoms with E-state index >= 15 is 0 Å². The Hall–Kier alpha value is -1.85. The molecule has 0 N–H and O–H groups in total. The lowest BCUT2D eigenvalue weighted by Crippen LogP contribution is -2.11. The maximum Gasteiger partial charge on any atom is 0.192 e. The first-order valence-corrected chi connectivity index (χ1v) is 9.33. The van der Waals surface area contributed by atoms with Gasteiger partial charge < -0.3 is 4.57 Å². The molecular formula is C14H16N4O2S2. The molecule has 0 radical (unpaired) electrons. The lowest BCUT2D eigenvalue weighted by Gasteiger charge is -2.07. The van der Waals surface area contributed by atoms with Crippen molar-refractivity contribution in [1.82, 2.24) is 14.8 Å². The summed E-state index contributed by atoms with van der Waals surface area (Å²) < 4.78 is 26.7. The van der Waals surface area contributed by atoms with Gasteiger partial charge in [-0.25, -0.2) is 8.42 Å². The van der Waals surface area contributed by atoms with E-state index in [0.29, 0.717) is 17.5 Å². The Balaban J connectivity index is 2.28. The van der Waals surface area contributed by atoms with Crippen molar-refractivity contribution in [3.05, 3.63) is 35.7 Å². The second-order valence-corrected chi connectivity index (χ2v) is 7.59. The average Bonchev–Trinajstić information content (AvgIpc) is 2.86. The molecule has 1 aromatic carbocycles. The maximum absolute atomic E-state index is 12.5. The van der Waals surface area contributed by atoms with Gasteiger partial charge in [-0.3, -0.25) is 0 Å². The topological polar surface area (TPSA) is 88.6 Å². The van der Waals surface area contributed by atoms with Crippen LogP contribution in [0.4, 0.5) is 0 Å². The molecule has 0 aliphatic carbocycles. The van der Waals surface area contributed by atoms with Gasteiger partial charge in [-0.1, -0.05) is 29.5 Å². The normalized spacial score (nSPS) is 11.3. The molecule has 0 bridgehead atoms. The van der Waals surface area contributed by atoms with Gasteiger partial charge in [0.2, 0.25) is 0 Å². The molecule has 0 saturated heterocycles. The van der Waals surface area contributed by atoms with Crippen molar-refractivity contribution in [3.8, 4) is 6.07 Å². The van der Waals surface area contributed by atoms with Crippen LogP contribution < -0.4 is 0 Å². The van der Waals surface area contributed by atoms with Crippen molar-refractivity contribution >= 4 is 21.6 Å². The summed E-state index contributed by atoms with van der Waals surface area (Å²) in [5.74, 6) is 0.441. The number of nitriles is 1. The van der Waals surface area contributed by atoms with E-state index < -0.39 is 9.84 Å². The van der Waals surface area contributed by atoms with Gasteiger partial charge in [0, 0.05) is 6.54 Å². The van der Waals surface area contributed by atoms with Gasteiger partial charge >= 0.3 is 0 Å². The molecule has 0 saturated carbocycles. The number of hydrogen-bond donors (Lipinski definition) is 0. The fraction of sp³-hybridized carbons (Fsp3) is 0.357. The average molecular weight is 336 g/mol. The largest absolute Gasteiger partial charge is 0.305 e. The Bertz CT molecular complexity index is 789. The second-order valence-electron chi connectivity index (χ2n) is 4.66. The standard InChI is InChI=1S/C14H16N4O2S2/c1-3-18-13(16-17-14(18)21-9-8-15)10-22(19,20)12-6-4-11(2)5-7-12/h4-7H,3,9-10H2,1-2H3. The van der Waals surface area contributed by atoms with E-state index in [2.05, 4.69) is 10.2 Å². The van der Waals surface area contributed by atoms with Crippen molar-refractivity contribution in [2.45, 2.75) is 36.2 Å². The van der Waals surface area contributed by atoms with Crippen LogP contribution in [0.1, 0.15) is 18.3 Å². The molecule has 0 amide bonds. The molecule has 1 heterocycles. The van der Waals surface area contributed by atoms with E-state index in [4.69, 9.17) is 5.26 Å². The van der Waals surface area contributed by atoms with Crippen LogP contribution in [0, 0.1) is 18.3 Å². The molecule has 22 heavy (non-hydrogen) atoms. The molecule has 0 spiro atoms. The number of aryl methyl sites for hydroxylation is 1. The Morgan fingerprint density at radius 2 is 1.95 bits per heavy atom. The van der Waals surface area contributed by atoms with Crippen LogP contribution >= 0.6 is 11.8 Å². The number of aromatic nitrogens is 3. The number of thioether (sulfide) groups is 1. The molecule has 2 aromatic rings. The summed E-state index contributed by atoms with van der Waals surface area (Å²) in [6, 6.07) is 8.76. The van der Waals surface area contributed by atoms with Gasteiger partial charge in [0.05, 0.1) is 16.7 Å². The third-order valence-electron chi connectivity index (χ3n) is 3.07. The highest BCUT2D eigenvalue weighted by Gasteiger charge is 2.21. The third-order valence-corrected chi connectivity index (χ3v) is 5.54. The fourth-order valence-corrected chi connectivity index (χ4v) is 3.90. The molecule has 6 nitrogen and oxygen atoms in total. The highest BCUT2D eigenvalue weighted by atomic mass is 32.2. The smallest absolute Gasteiger partial charge is 0.192 e. The predicted octanol–water partition coefficient (Wildman–Crippen LogP) is 2.20. The Labute approximate surface area is 134 Å². The van der Waals surface area contributed by atoms with Crippen molar-refractivity contribution in [1.29, 1.82) is 5.26 Å². The minimum Gasteiger partial charge on any atom is -0.305 e. The SMILES string of the molecule is CCn1c(CS(=O)(=O)c2ccc(C)cc2)nnc1SCC#N. The highest BCUT2D eigenvalue weighted by molar-refractivity contribution is 7.99. The van der Waals surface area contributed by atoms with E-state index in [9.17, 15) is 8.42 Å². The van der Waals surface area contributed by atoms with Crippen LogP contribution in [0.15, 0.2) is 34.3 Å². The maximum atomic E-state index is 12.5. The van der Waals surface area contributed by atoms with Crippen molar-refractivity contribution in [2.75, 3.05) is 5.75 Å². The number of hydrogen-bond acceptors (Lipinski definition) is 6. The van der Waals surface area contributed by atoms with E-state index in [-0.39, 0.29) is 16.4 Å².